The van der Waals surface area contributed by atoms with E-state index in [1.165, 1.54) is 6.07 Å². The van der Waals surface area contributed by atoms with Crippen molar-refractivity contribution < 1.29 is 24.6 Å². The van der Waals surface area contributed by atoms with Crippen LogP contribution in [0.15, 0.2) is 52.5 Å². The maximum atomic E-state index is 13.9. The standard InChI is InChI=1S/C28H28N4O6/c1-4-12-7-8-30-17(9-12)14-5-6-18(33)20-15(14)10-13-11-16-21(26(35)19(13)25(20)34)27(36)22(28(29)37)23(31-38)24(16)32(2)3/h5-9,13,16,21,24,33-34H,4,10-11H2,1-3H3,(H2,29,37)/t13-,16+,21?,24-/m0/s1. The van der Waals surface area contributed by atoms with Crippen molar-refractivity contribution in [3.63, 3.8) is 0 Å². The van der Waals surface area contributed by atoms with E-state index in [9.17, 15) is 29.5 Å². The summed E-state index contributed by atoms with van der Waals surface area (Å²) in [6.07, 6.45) is 3.08. The summed E-state index contributed by atoms with van der Waals surface area (Å²) in [4.78, 5) is 57.4. The Morgan fingerprint density at radius 2 is 1.92 bits per heavy atom. The summed E-state index contributed by atoms with van der Waals surface area (Å²) < 4.78 is 0. The molecule has 3 aliphatic carbocycles. The molecule has 0 bridgehead atoms. The summed E-state index contributed by atoms with van der Waals surface area (Å²) >= 11 is 0. The van der Waals surface area contributed by atoms with Crippen LogP contribution in [0.3, 0.4) is 0 Å². The fourth-order valence-electron chi connectivity index (χ4n) is 6.45. The highest BCUT2D eigenvalue weighted by Gasteiger charge is 2.56. The molecule has 1 heterocycles. The minimum absolute atomic E-state index is 0.0404. The number of phenolic OH excluding ortho intramolecular Hbond substituents is 1. The van der Waals surface area contributed by atoms with Gasteiger partial charge in [-0.2, -0.15) is 0 Å². The number of nitrogens with zero attached hydrogens (tertiary/aromatic N) is 3. The number of likely N-dealkylation sites (N-methyl/N-ethyl adjacent to an activating group) is 1. The van der Waals surface area contributed by atoms with E-state index in [1.807, 2.05) is 19.1 Å². The van der Waals surface area contributed by atoms with Crippen LogP contribution in [0.5, 0.6) is 5.75 Å². The zero-order chi connectivity index (χ0) is 27.5. The van der Waals surface area contributed by atoms with Gasteiger partial charge in [0.1, 0.15) is 22.8 Å². The summed E-state index contributed by atoms with van der Waals surface area (Å²) in [5.41, 5.74) is 7.90. The Balaban J connectivity index is 1.69. The lowest BCUT2D eigenvalue weighted by Gasteiger charge is -2.46. The van der Waals surface area contributed by atoms with Crippen molar-refractivity contribution in [2.75, 3.05) is 14.1 Å². The molecule has 4 N–H and O–H groups in total. The molecule has 38 heavy (non-hydrogen) atoms. The Morgan fingerprint density at radius 1 is 1.18 bits per heavy atom. The highest BCUT2D eigenvalue weighted by molar-refractivity contribution is 6.28. The van der Waals surface area contributed by atoms with Crippen LogP contribution in [0, 0.1) is 22.7 Å². The lowest BCUT2D eigenvalue weighted by Crippen LogP contribution is -2.55. The molecule has 2 aromatic rings. The fourth-order valence-corrected chi connectivity index (χ4v) is 6.45. The molecule has 196 valence electrons. The van der Waals surface area contributed by atoms with E-state index in [0.29, 0.717) is 17.7 Å². The number of ketones is 2. The number of amides is 1. The van der Waals surface area contributed by atoms with Gasteiger partial charge in [0.05, 0.1) is 23.2 Å². The second kappa shape index (κ2) is 9.29. The molecule has 1 unspecified atom stereocenters. The smallest absolute Gasteiger partial charge is 0.254 e. The van der Waals surface area contributed by atoms with Gasteiger partial charge in [0, 0.05) is 17.3 Å². The first-order chi connectivity index (χ1) is 18.1. The monoisotopic (exact) mass is 516 g/mol. The van der Waals surface area contributed by atoms with Gasteiger partial charge in [-0.1, -0.05) is 6.92 Å². The zero-order valence-electron chi connectivity index (χ0n) is 21.3. The number of aliphatic hydroxyl groups excluding tert-OH is 1. The number of aromatic hydroxyl groups is 1. The number of pyridine rings is 1. The van der Waals surface area contributed by atoms with Crippen LogP contribution in [0.2, 0.25) is 0 Å². The number of Topliss-reactive ketones (excluding diaryl/α,β-unsaturated/α-hetero) is 2. The van der Waals surface area contributed by atoms with Gasteiger partial charge in [0.2, 0.25) is 0 Å². The Bertz CT molecular complexity index is 1470. The molecule has 0 spiro atoms. The number of carbonyl (C=O) groups is 3. The van der Waals surface area contributed by atoms with Crippen LogP contribution in [0.4, 0.5) is 0 Å². The zero-order valence-corrected chi connectivity index (χ0v) is 21.3. The predicted molar refractivity (Wildman–Crippen MR) is 139 cm³/mol. The number of aliphatic hydroxyl groups is 1. The largest absolute Gasteiger partial charge is 0.507 e. The number of nitrogens with two attached hydrogens (primary N) is 1. The molecular weight excluding hydrogens is 488 g/mol. The summed E-state index contributed by atoms with van der Waals surface area (Å²) in [6.45, 7) is 2.03. The molecule has 1 aromatic carbocycles. The molecule has 1 amide bonds. The van der Waals surface area contributed by atoms with Crippen molar-refractivity contribution in [1.29, 1.82) is 0 Å². The molecule has 3 aliphatic rings. The molecule has 0 saturated heterocycles. The quantitative estimate of drug-likeness (QED) is 0.310. The van der Waals surface area contributed by atoms with E-state index >= 15 is 0 Å². The Kier molecular flexibility index (Phi) is 6.22. The molecule has 4 atom stereocenters. The second-order valence-electron chi connectivity index (χ2n) is 10.3. The number of hydrogen-bond acceptors (Lipinski definition) is 9. The number of phenols is 1. The van der Waals surface area contributed by atoms with Crippen molar-refractivity contribution in [2.24, 2.45) is 28.7 Å². The van der Waals surface area contributed by atoms with Crippen molar-refractivity contribution in [3.8, 4) is 17.0 Å². The van der Waals surface area contributed by atoms with Crippen LogP contribution in [-0.4, -0.2) is 57.7 Å². The number of aryl methyl sites for hydroxylation is 1. The number of nitroso groups, excluding NO2 is 1. The Labute approximate surface area is 218 Å². The number of carbonyl (C=O) groups excluding carboxylic acids is 3. The van der Waals surface area contributed by atoms with Crippen LogP contribution >= 0.6 is 0 Å². The maximum absolute atomic E-state index is 13.9. The average molecular weight is 517 g/mol. The third kappa shape index (κ3) is 3.66. The molecular formula is C28H28N4O6. The molecule has 1 aromatic heterocycles. The number of fused-ring (bicyclic) bond motifs is 3. The SMILES string of the molecule is CCc1ccnc(-c2ccc(O)c3c2C[C@H]2C[C@@H]4C(C(=O)C(C(N)=O)=C(N=O)[C@H]4N(C)C)C(=O)C2=C3O)c1. The van der Waals surface area contributed by atoms with E-state index < -0.39 is 46.8 Å². The predicted octanol–water partition coefficient (Wildman–Crippen LogP) is 2.68. The third-order valence-electron chi connectivity index (χ3n) is 8.05. The first-order valence-electron chi connectivity index (χ1n) is 12.5. The van der Waals surface area contributed by atoms with Crippen molar-refractivity contribution in [1.82, 2.24) is 9.88 Å². The van der Waals surface area contributed by atoms with Crippen LogP contribution < -0.4 is 5.73 Å². The van der Waals surface area contributed by atoms with Gasteiger partial charge in [-0.3, -0.25) is 19.4 Å². The van der Waals surface area contributed by atoms with E-state index in [-0.39, 0.29) is 34.8 Å². The lowest BCUT2D eigenvalue weighted by atomic mass is 9.59. The molecule has 10 nitrogen and oxygen atoms in total. The topological polar surface area (TPSA) is 163 Å². The first-order valence-corrected chi connectivity index (χ1v) is 12.5. The van der Waals surface area contributed by atoms with Crippen molar-refractivity contribution in [2.45, 2.75) is 32.2 Å². The average Bonchev–Trinajstić information content (AvgIpc) is 2.87. The van der Waals surface area contributed by atoms with E-state index in [4.69, 9.17) is 5.73 Å². The number of allylic oxidation sites excluding steroid dienone is 1. The van der Waals surface area contributed by atoms with Gasteiger partial charge >= 0.3 is 0 Å². The van der Waals surface area contributed by atoms with Crippen LogP contribution in [0.1, 0.15) is 30.0 Å². The Hall–Kier alpha value is -4.18. The summed E-state index contributed by atoms with van der Waals surface area (Å²) in [5.74, 6) is -5.66. The van der Waals surface area contributed by atoms with Crippen LogP contribution in [-0.2, 0) is 27.2 Å². The third-order valence-corrected chi connectivity index (χ3v) is 8.05. The fraction of sp³-hybridized carbons (Fsp3) is 0.357. The normalized spacial score (nSPS) is 24.7. The molecule has 0 aliphatic heterocycles. The van der Waals surface area contributed by atoms with Gasteiger partial charge in [0.15, 0.2) is 11.6 Å². The molecule has 1 fully saturated rings. The molecule has 1 saturated carbocycles. The van der Waals surface area contributed by atoms with Gasteiger partial charge in [-0.15, -0.1) is 4.91 Å². The van der Waals surface area contributed by atoms with Crippen molar-refractivity contribution >= 4 is 23.2 Å². The van der Waals surface area contributed by atoms with Gasteiger partial charge in [-0.05, 0) is 85.8 Å². The van der Waals surface area contributed by atoms with Crippen LogP contribution in [0.25, 0.3) is 17.0 Å². The summed E-state index contributed by atoms with van der Waals surface area (Å²) in [5, 5.41) is 25.1. The maximum Gasteiger partial charge on any atom is 0.254 e. The minimum Gasteiger partial charge on any atom is -0.507 e. The number of primary amides is 1. The molecule has 0 radical (unpaired) electrons. The second-order valence-corrected chi connectivity index (χ2v) is 10.3. The molecule has 5 rings (SSSR count). The van der Waals surface area contributed by atoms with E-state index in [1.54, 1.807) is 31.3 Å². The van der Waals surface area contributed by atoms with Gasteiger partial charge in [-0.25, -0.2) is 0 Å². The summed E-state index contributed by atoms with van der Waals surface area (Å²) in [6, 6.07) is 6.26. The van der Waals surface area contributed by atoms with E-state index in [2.05, 4.69) is 10.2 Å². The summed E-state index contributed by atoms with van der Waals surface area (Å²) in [7, 11) is 3.35. The minimum atomic E-state index is -1.31. The Morgan fingerprint density at radius 3 is 2.55 bits per heavy atom. The lowest BCUT2D eigenvalue weighted by molar-refractivity contribution is -0.136. The van der Waals surface area contributed by atoms with E-state index in [0.717, 1.165) is 17.5 Å². The highest BCUT2D eigenvalue weighted by Crippen LogP contribution is 2.51. The van der Waals surface area contributed by atoms with Gasteiger partial charge < -0.3 is 20.8 Å². The number of rotatable bonds is 5. The number of benzene rings is 1. The van der Waals surface area contributed by atoms with Crippen molar-refractivity contribution in [3.05, 3.63) is 68.9 Å². The highest BCUT2D eigenvalue weighted by atomic mass is 16.3. The number of hydrogen-bond donors (Lipinski definition) is 3. The molecule has 10 heteroatoms. The van der Waals surface area contributed by atoms with Gasteiger partial charge in [0.25, 0.3) is 5.91 Å². The first kappa shape index (κ1) is 25.5. The number of aromatic nitrogens is 1.